The Balaban J connectivity index is 2.42. The van der Waals surface area contributed by atoms with Gasteiger partial charge in [0.25, 0.3) is 0 Å². The molecule has 0 heteroatoms. The number of unbranched alkanes of at least 4 members (excludes halogenated alkanes) is 2. The van der Waals surface area contributed by atoms with E-state index in [4.69, 9.17) is 0 Å². The van der Waals surface area contributed by atoms with Crippen LogP contribution in [0.1, 0.15) is 57.9 Å². The van der Waals surface area contributed by atoms with Gasteiger partial charge < -0.3 is 0 Å². The lowest BCUT2D eigenvalue weighted by Gasteiger charge is -2.16. The summed E-state index contributed by atoms with van der Waals surface area (Å²) in [6.45, 7) is 4.58. The summed E-state index contributed by atoms with van der Waals surface area (Å²) in [4.78, 5) is 0. The molecule has 0 unspecified atom stereocenters. The maximum Gasteiger partial charge on any atom is -0.0250 e. The fraction of sp³-hybridized carbons (Fsp3) is 0.625. The first kappa shape index (κ1) is 13.3. The van der Waals surface area contributed by atoms with Gasteiger partial charge in [-0.15, -0.1) is 0 Å². The molecule has 0 aromatic heterocycles. The SMILES string of the molecule is CCCCC(CCCC)Cc1ccccc1. The van der Waals surface area contributed by atoms with E-state index in [1.165, 1.54) is 50.5 Å². The second-order valence-corrected chi connectivity index (χ2v) is 4.84. The standard InChI is InChI=1S/C16H26/c1-3-5-10-15(11-6-4-2)14-16-12-8-7-9-13-16/h7-9,12-13,15H,3-6,10-11,14H2,1-2H3. The minimum Gasteiger partial charge on any atom is -0.0654 e. The Morgan fingerprint density at radius 3 is 1.94 bits per heavy atom. The van der Waals surface area contributed by atoms with Gasteiger partial charge in [-0.3, -0.25) is 0 Å². The van der Waals surface area contributed by atoms with E-state index >= 15 is 0 Å². The Morgan fingerprint density at radius 2 is 1.44 bits per heavy atom. The number of benzene rings is 1. The van der Waals surface area contributed by atoms with Crippen molar-refractivity contribution in [2.24, 2.45) is 5.92 Å². The summed E-state index contributed by atoms with van der Waals surface area (Å²) in [5.74, 6) is 0.905. The fourth-order valence-corrected chi connectivity index (χ4v) is 2.28. The van der Waals surface area contributed by atoms with Crippen molar-refractivity contribution in [3.63, 3.8) is 0 Å². The molecule has 90 valence electrons. The maximum atomic E-state index is 2.29. The van der Waals surface area contributed by atoms with Crippen molar-refractivity contribution in [2.45, 2.75) is 58.8 Å². The predicted octanol–water partition coefficient (Wildman–Crippen LogP) is 5.23. The van der Waals surface area contributed by atoms with Gasteiger partial charge >= 0.3 is 0 Å². The van der Waals surface area contributed by atoms with Gasteiger partial charge in [0.05, 0.1) is 0 Å². The summed E-state index contributed by atoms with van der Waals surface area (Å²) in [6, 6.07) is 11.0. The molecule has 1 aromatic carbocycles. The summed E-state index contributed by atoms with van der Waals surface area (Å²) in [7, 11) is 0. The summed E-state index contributed by atoms with van der Waals surface area (Å²) < 4.78 is 0. The molecule has 0 aliphatic carbocycles. The molecule has 0 fully saturated rings. The quantitative estimate of drug-likeness (QED) is 0.561. The molecule has 0 atom stereocenters. The second-order valence-electron chi connectivity index (χ2n) is 4.84. The Labute approximate surface area is 101 Å². The largest absolute Gasteiger partial charge is 0.0654 e. The monoisotopic (exact) mass is 218 g/mol. The van der Waals surface area contributed by atoms with E-state index in [2.05, 4.69) is 44.2 Å². The van der Waals surface area contributed by atoms with Gasteiger partial charge in [-0.1, -0.05) is 82.7 Å². The average molecular weight is 218 g/mol. The van der Waals surface area contributed by atoms with Gasteiger partial charge in [0, 0.05) is 0 Å². The van der Waals surface area contributed by atoms with E-state index < -0.39 is 0 Å². The number of hydrogen-bond donors (Lipinski definition) is 0. The Bertz CT molecular complexity index is 242. The molecule has 0 nitrogen and oxygen atoms in total. The summed E-state index contributed by atoms with van der Waals surface area (Å²) in [5, 5.41) is 0. The van der Waals surface area contributed by atoms with Crippen LogP contribution in [-0.2, 0) is 6.42 Å². The molecule has 0 saturated heterocycles. The minimum atomic E-state index is 0.905. The fourth-order valence-electron chi connectivity index (χ4n) is 2.28. The predicted molar refractivity (Wildman–Crippen MR) is 72.7 cm³/mol. The van der Waals surface area contributed by atoms with Gasteiger partial charge in [-0.05, 0) is 17.9 Å². The molecule has 0 amide bonds. The summed E-state index contributed by atoms with van der Waals surface area (Å²) in [6.07, 6.45) is 9.54. The van der Waals surface area contributed by atoms with Crippen molar-refractivity contribution < 1.29 is 0 Å². The molecule has 0 aliphatic heterocycles. The minimum absolute atomic E-state index is 0.905. The molecule has 0 radical (unpaired) electrons. The van der Waals surface area contributed by atoms with Crippen molar-refractivity contribution in [3.05, 3.63) is 35.9 Å². The first-order valence-electron chi connectivity index (χ1n) is 6.90. The number of hydrogen-bond acceptors (Lipinski definition) is 0. The van der Waals surface area contributed by atoms with Crippen LogP contribution < -0.4 is 0 Å². The second kappa shape index (κ2) is 8.38. The van der Waals surface area contributed by atoms with Crippen molar-refractivity contribution in [1.82, 2.24) is 0 Å². The van der Waals surface area contributed by atoms with Crippen LogP contribution >= 0.6 is 0 Å². The van der Waals surface area contributed by atoms with Crippen LogP contribution in [0.25, 0.3) is 0 Å². The maximum absolute atomic E-state index is 2.29. The number of rotatable bonds is 8. The molecule has 16 heavy (non-hydrogen) atoms. The van der Waals surface area contributed by atoms with E-state index in [0.717, 1.165) is 5.92 Å². The molecular formula is C16H26. The molecule has 0 heterocycles. The smallest absolute Gasteiger partial charge is 0.0250 e. The third-order valence-corrected chi connectivity index (χ3v) is 3.30. The van der Waals surface area contributed by atoms with Crippen LogP contribution in [0.2, 0.25) is 0 Å². The van der Waals surface area contributed by atoms with Crippen molar-refractivity contribution in [3.8, 4) is 0 Å². The van der Waals surface area contributed by atoms with Gasteiger partial charge in [0.1, 0.15) is 0 Å². The van der Waals surface area contributed by atoms with Crippen LogP contribution in [0.4, 0.5) is 0 Å². The van der Waals surface area contributed by atoms with Gasteiger partial charge in [0.2, 0.25) is 0 Å². The van der Waals surface area contributed by atoms with Crippen molar-refractivity contribution in [2.75, 3.05) is 0 Å². The van der Waals surface area contributed by atoms with Crippen molar-refractivity contribution in [1.29, 1.82) is 0 Å². The third kappa shape index (κ3) is 5.34. The van der Waals surface area contributed by atoms with Gasteiger partial charge in [-0.2, -0.15) is 0 Å². The van der Waals surface area contributed by atoms with Gasteiger partial charge in [-0.25, -0.2) is 0 Å². The molecule has 1 aromatic rings. The van der Waals surface area contributed by atoms with Crippen molar-refractivity contribution >= 4 is 0 Å². The molecule has 0 N–H and O–H groups in total. The van der Waals surface area contributed by atoms with E-state index in [1.807, 2.05) is 0 Å². The zero-order valence-electron chi connectivity index (χ0n) is 10.9. The molecule has 0 saturated carbocycles. The highest BCUT2D eigenvalue weighted by atomic mass is 14.1. The molecule has 0 spiro atoms. The zero-order valence-corrected chi connectivity index (χ0v) is 10.9. The van der Waals surface area contributed by atoms with Crippen LogP contribution in [-0.4, -0.2) is 0 Å². The highest BCUT2D eigenvalue weighted by Crippen LogP contribution is 2.20. The lowest BCUT2D eigenvalue weighted by atomic mass is 9.90. The topological polar surface area (TPSA) is 0 Å². The summed E-state index contributed by atoms with van der Waals surface area (Å²) in [5.41, 5.74) is 1.51. The molecule has 0 bridgehead atoms. The van der Waals surface area contributed by atoms with E-state index in [9.17, 15) is 0 Å². The normalized spacial score (nSPS) is 10.9. The molecular weight excluding hydrogens is 192 g/mol. The van der Waals surface area contributed by atoms with Crippen LogP contribution in [0.5, 0.6) is 0 Å². The summed E-state index contributed by atoms with van der Waals surface area (Å²) >= 11 is 0. The Kier molecular flexibility index (Phi) is 6.96. The van der Waals surface area contributed by atoms with Crippen LogP contribution in [0.15, 0.2) is 30.3 Å². The Hall–Kier alpha value is -0.780. The Morgan fingerprint density at radius 1 is 0.875 bits per heavy atom. The zero-order chi connectivity index (χ0) is 11.6. The lowest BCUT2D eigenvalue weighted by molar-refractivity contribution is 0.417. The first-order valence-corrected chi connectivity index (χ1v) is 6.90. The highest BCUT2D eigenvalue weighted by Gasteiger charge is 2.08. The average Bonchev–Trinajstić information content (AvgIpc) is 2.34. The third-order valence-electron chi connectivity index (χ3n) is 3.30. The highest BCUT2D eigenvalue weighted by molar-refractivity contribution is 5.15. The van der Waals surface area contributed by atoms with E-state index in [-0.39, 0.29) is 0 Å². The van der Waals surface area contributed by atoms with Crippen LogP contribution in [0.3, 0.4) is 0 Å². The molecule has 1 rings (SSSR count). The first-order chi connectivity index (χ1) is 7.86. The lowest BCUT2D eigenvalue weighted by Crippen LogP contribution is -2.04. The van der Waals surface area contributed by atoms with Gasteiger partial charge in [0.15, 0.2) is 0 Å². The van der Waals surface area contributed by atoms with E-state index in [0.29, 0.717) is 0 Å². The van der Waals surface area contributed by atoms with Crippen LogP contribution in [0, 0.1) is 5.92 Å². The molecule has 0 aliphatic rings. The van der Waals surface area contributed by atoms with E-state index in [1.54, 1.807) is 0 Å².